The zero-order valence-corrected chi connectivity index (χ0v) is 91.8. The molecule has 8 heteroatoms. The molecule has 0 N–H and O–H groups in total. The summed E-state index contributed by atoms with van der Waals surface area (Å²) in [5.41, 5.74) is 18.8. The van der Waals surface area contributed by atoms with Crippen molar-refractivity contribution in [1.82, 2.24) is 0 Å². The minimum atomic E-state index is 0.628. The van der Waals surface area contributed by atoms with Gasteiger partial charge in [0.05, 0.1) is 52.9 Å². The topological polar surface area (TPSA) is 73.8 Å². The van der Waals surface area contributed by atoms with Crippen LogP contribution in [0.15, 0.2) is 183 Å². The highest BCUT2D eigenvalue weighted by molar-refractivity contribution is 5.86. The predicted molar refractivity (Wildman–Crippen MR) is 641 cm³/mol. The monoisotopic (exact) mass is 1970 g/mol. The molecule has 0 aromatic heterocycles. The first-order valence-electron chi connectivity index (χ1n) is 58.0. The Morgan fingerprint density at radius 2 is 0.260 bits per heavy atom. The van der Waals surface area contributed by atoms with Crippen LogP contribution in [0.4, 0.5) is 0 Å². The van der Waals surface area contributed by atoms with E-state index in [4.69, 9.17) is 37.9 Å². The molecule has 0 saturated heterocycles. The molecule has 0 atom stereocenters. The standard InChI is InChI=1S/C138H186O8/c1-11-21-29-37-45-53-92-139-131-107-125(133(141-94-55-47-39-31-23-13-3)105-123(131)84-76-115-68-61-66-113(19-9)100-115)86-78-117-70-63-72-119(102-117)80-88-127-109-137(145-98-59-51-43-35-27-17-7)129(111-135(127)143-96-57-49-41-33-25-15-5)90-82-121-74-65-75-122(104-121)83-91-130-112-136(144-97-58-50-42-34-26-16-6)128(110-138(130)146-99-60-52-44-36-28-18-8)89-81-120-73-64-71-118(103-120)79-87-126-108-132(140-93-54-46-38-30-22-12-2)124(85-77-116-69-62-67-114(20-10)101-116)106-134(126)142-95-56-48-40-32-24-14-4/h19-20,61-91,100-112H,9-18,21-60,92-99H2,1-8H3/b84-76+,85-77+,86-78+,87-79+,88-80+,89-81+,90-82-,91-83+. The fourth-order valence-electron chi connectivity index (χ4n) is 18.3. The van der Waals surface area contributed by atoms with Crippen molar-refractivity contribution in [3.05, 3.63) is 283 Å². The van der Waals surface area contributed by atoms with Crippen LogP contribution in [0.5, 0.6) is 46.0 Å². The van der Waals surface area contributed by atoms with Gasteiger partial charge in [0.25, 0.3) is 0 Å². The molecule has 0 amide bonds. The molecule has 9 aromatic rings. The van der Waals surface area contributed by atoms with Gasteiger partial charge in [0, 0.05) is 44.5 Å². The van der Waals surface area contributed by atoms with Crippen molar-refractivity contribution in [3.63, 3.8) is 0 Å². The van der Waals surface area contributed by atoms with Gasteiger partial charge in [-0.1, -0.05) is 526 Å². The van der Waals surface area contributed by atoms with Gasteiger partial charge in [-0.05, 0) is 186 Å². The number of rotatable bonds is 82. The second-order valence-corrected chi connectivity index (χ2v) is 40.1. The Labute approximate surface area is 887 Å². The van der Waals surface area contributed by atoms with Crippen LogP contribution in [0.2, 0.25) is 0 Å². The third-order valence-corrected chi connectivity index (χ3v) is 27.3. The Balaban J connectivity index is 1.04. The van der Waals surface area contributed by atoms with Crippen LogP contribution < -0.4 is 37.9 Å². The summed E-state index contributed by atoms with van der Waals surface area (Å²) in [5, 5.41) is 0. The van der Waals surface area contributed by atoms with Gasteiger partial charge in [0.2, 0.25) is 0 Å². The Morgan fingerprint density at radius 3 is 0.390 bits per heavy atom. The molecule has 0 aliphatic carbocycles. The van der Waals surface area contributed by atoms with Gasteiger partial charge in [0.1, 0.15) is 46.0 Å². The Kier molecular flexibility index (Phi) is 61.2. The van der Waals surface area contributed by atoms with E-state index in [0.717, 1.165) is 249 Å². The summed E-state index contributed by atoms with van der Waals surface area (Å²) in [6.07, 6.45) is 96.1. The van der Waals surface area contributed by atoms with E-state index in [1.54, 1.807) is 0 Å². The molecule has 9 rings (SSSR count). The van der Waals surface area contributed by atoms with Crippen molar-refractivity contribution < 1.29 is 37.9 Å². The molecular formula is C138H186O8. The van der Waals surface area contributed by atoms with Gasteiger partial charge in [0.15, 0.2) is 0 Å². The van der Waals surface area contributed by atoms with E-state index in [-0.39, 0.29) is 0 Å². The third-order valence-electron chi connectivity index (χ3n) is 27.3. The molecule has 0 unspecified atom stereocenters. The van der Waals surface area contributed by atoms with E-state index < -0.39 is 0 Å². The SMILES string of the molecule is C=Cc1cccc(/C=C/c2cc(OCCCCCCCC)c(/C=C/c3cccc(/C=C/c4cc(OCCCCCCCC)c(/C=C\c5cccc(/C=C/c6cc(OCCCCCCCC)c(/C=C/c7cccc(/C=C/c8cc(OCCCCCCCC)c(/C=C/c9cccc(C=C)c9)cc8OCCCCCCCC)c7)cc6OCCCCCCCC)c5)cc4OCCCCCCCC)c3)cc2OCCCCCCCC)c1. The largest absolute Gasteiger partial charge is 0.493 e. The number of hydrogen-bond acceptors (Lipinski definition) is 8. The fourth-order valence-corrected chi connectivity index (χ4v) is 18.3. The van der Waals surface area contributed by atoms with Gasteiger partial charge >= 0.3 is 0 Å². The molecular weight excluding hydrogens is 1790 g/mol. The molecule has 0 bridgehead atoms. The molecule has 0 radical (unpaired) electrons. The summed E-state index contributed by atoms with van der Waals surface area (Å²) in [4.78, 5) is 0. The van der Waals surface area contributed by atoms with Crippen LogP contribution in [0.1, 0.15) is 464 Å². The number of unbranched alkanes of at least 4 members (excludes halogenated alkanes) is 40. The summed E-state index contributed by atoms with van der Waals surface area (Å²) >= 11 is 0. The lowest BCUT2D eigenvalue weighted by Gasteiger charge is -2.16. The minimum Gasteiger partial charge on any atom is -0.493 e. The summed E-state index contributed by atoms with van der Waals surface area (Å²) in [7, 11) is 0. The second-order valence-electron chi connectivity index (χ2n) is 40.1. The maximum Gasteiger partial charge on any atom is 0.127 e. The van der Waals surface area contributed by atoms with Crippen LogP contribution in [0.25, 0.3) is 109 Å². The molecule has 8 nitrogen and oxygen atoms in total. The minimum absolute atomic E-state index is 0.628. The van der Waals surface area contributed by atoms with Gasteiger partial charge in [-0.25, -0.2) is 0 Å². The highest BCUT2D eigenvalue weighted by atomic mass is 16.5. The first-order valence-corrected chi connectivity index (χ1v) is 58.0. The van der Waals surface area contributed by atoms with Crippen LogP contribution >= 0.6 is 0 Å². The van der Waals surface area contributed by atoms with Crippen LogP contribution in [-0.4, -0.2) is 52.9 Å². The van der Waals surface area contributed by atoms with Gasteiger partial charge in [-0.2, -0.15) is 0 Å². The third kappa shape index (κ3) is 48.2. The van der Waals surface area contributed by atoms with Crippen molar-refractivity contribution in [3.8, 4) is 46.0 Å². The molecule has 0 fully saturated rings. The molecule has 9 aromatic carbocycles. The van der Waals surface area contributed by atoms with E-state index in [1.807, 2.05) is 12.2 Å². The van der Waals surface area contributed by atoms with E-state index in [9.17, 15) is 0 Å². The first-order chi connectivity index (χ1) is 72.0. The lowest BCUT2D eigenvalue weighted by Crippen LogP contribution is -2.03. The molecule has 146 heavy (non-hydrogen) atoms. The highest BCUT2D eigenvalue weighted by Gasteiger charge is 2.18. The van der Waals surface area contributed by atoms with Crippen molar-refractivity contribution in [1.29, 1.82) is 0 Å². The highest BCUT2D eigenvalue weighted by Crippen LogP contribution is 2.40. The number of ether oxygens (including phenoxy) is 8. The first kappa shape index (κ1) is 118. The average Bonchev–Trinajstić information content (AvgIpc) is 0.823. The van der Waals surface area contributed by atoms with E-state index in [1.165, 1.54) is 205 Å². The van der Waals surface area contributed by atoms with Crippen molar-refractivity contribution in [2.24, 2.45) is 0 Å². The molecule has 786 valence electrons. The predicted octanol–water partition coefficient (Wildman–Crippen LogP) is 42.3. The van der Waals surface area contributed by atoms with Crippen molar-refractivity contribution in [2.45, 2.75) is 364 Å². The van der Waals surface area contributed by atoms with Crippen LogP contribution in [-0.2, 0) is 0 Å². The van der Waals surface area contributed by atoms with Gasteiger partial charge < -0.3 is 37.9 Å². The Bertz CT molecular complexity index is 5000. The summed E-state index contributed by atoms with van der Waals surface area (Å²) in [5.74, 6) is 6.81. The summed E-state index contributed by atoms with van der Waals surface area (Å²) < 4.78 is 55.1. The smallest absolute Gasteiger partial charge is 0.127 e. The van der Waals surface area contributed by atoms with Crippen molar-refractivity contribution in [2.75, 3.05) is 52.9 Å². The Morgan fingerprint density at radius 1 is 0.144 bits per heavy atom. The molecule has 0 saturated carbocycles. The van der Waals surface area contributed by atoms with E-state index >= 15 is 0 Å². The van der Waals surface area contributed by atoms with E-state index in [2.05, 4.69) is 336 Å². The number of benzene rings is 9. The fraction of sp³-hybridized carbons (Fsp3) is 0.464. The lowest BCUT2D eigenvalue weighted by atomic mass is 10.0. The Hall–Kier alpha value is -11.2. The molecule has 0 heterocycles. The maximum absolute atomic E-state index is 6.97. The van der Waals surface area contributed by atoms with E-state index in [0.29, 0.717) is 52.9 Å². The summed E-state index contributed by atoms with van der Waals surface area (Å²) in [6.45, 7) is 31.5. The molecule has 0 spiro atoms. The van der Waals surface area contributed by atoms with Gasteiger partial charge in [-0.15, -0.1) is 0 Å². The normalized spacial score (nSPS) is 11.8. The van der Waals surface area contributed by atoms with Crippen LogP contribution in [0, 0.1) is 0 Å². The number of hydrogen-bond donors (Lipinski definition) is 0. The zero-order valence-electron chi connectivity index (χ0n) is 91.8. The van der Waals surface area contributed by atoms with Gasteiger partial charge in [-0.3, -0.25) is 0 Å². The maximum atomic E-state index is 6.97. The van der Waals surface area contributed by atoms with Crippen LogP contribution in [0.3, 0.4) is 0 Å². The summed E-state index contributed by atoms with van der Waals surface area (Å²) in [6, 6.07) is 61.1. The molecule has 0 aliphatic rings. The second kappa shape index (κ2) is 75.5. The van der Waals surface area contributed by atoms with Crippen molar-refractivity contribution >= 4 is 109 Å². The zero-order chi connectivity index (χ0) is 103. The molecule has 0 aliphatic heterocycles. The lowest BCUT2D eigenvalue weighted by molar-refractivity contribution is 0.295. The quantitative estimate of drug-likeness (QED) is 0.0276. The average molecular weight is 1970 g/mol.